The summed E-state index contributed by atoms with van der Waals surface area (Å²) in [5, 5.41) is 14.8. The molecule has 1 heterocycles. The molecule has 0 spiro atoms. The summed E-state index contributed by atoms with van der Waals surface area (Å²) >= 11 is 3.57. The van der Waals surface area contributed by atoms with Gasteiger partial charge in [-0.1, -0.05) is 12.2 Å². The minimum Gasteiger partial charge on any atom is -0.493 e. The van der Waals surface area contributed by atoms with E-state index in [1.54, 1.807) is 32.4 Å². The Morgan fingerprint density at radius 1 is 1.22 bits per heavy atom. The molecule has 6 nitrogen and oxygen atoms in total. The van der Waals surface area contributed by atoms with Gasteiger partial charge in [0.2, 0.25) is 0 Å². The van der Waals surface area contributed by atoms with Gasteiger partial charge in [0.15, 0.2) is 11.5 Å². The Bertz CT molecular complexity index is 944. The molecule has 2 aromatic rings. The number of ether oxygens (including phenoxy) is 2. The lowest BCUT2D eigenvalue weighted by Gasteiger charge is -2.37. The maximum Gasteiger partial charge on any atom is 0.269 e. The highest BCUT2D eigenvalue weighted by molar-refractivity contribution is 9.10. The molecule has 7 heteroatoms. The molecule has 0 amide bonds. The Kier molecular flexibility index (Phi) is 4.55. The molecule has 0 saturated heterocycles. The molecule has 0 bridgehead atoms. The van der Waals surface area contributed by atoms with E-state index in [1.807, 2.05) is 12.1 Å². The zero-order chi connectivity index (χ0) is 19.1. The normalized spacial score (nSPS) is 22.6. The lowest BCUT2D eigenvalue weighted by atomic mass is 9.77. The van der Waals surface area contributed by atoms with Crippen molar-refractivity contribution in [3.8, 4) is 11.5 Å². The number of anilines is 1. The fourth-order valence-corrected chi connectivity index (χ4v) is 4.76. The Morgan fingerprint density at radius 3 is 2.74 bits per heavy atom. The quantitative estimate of drug-likeness (QED) is 0.409. The molecular formula is C20H19BrN2O4. The van der Waals surface area contributed by atoms with Gasteiger partial charge in [-0.15, -0.1) is 0 Å². The fourth-order valence-electron chi connectivity index (χ4n) is 4.14. The van der Waals surface area contributed by atoms with E-state index in [1.165, 1.54) is 0 Å². The third-order valence-electron chi connectivity index (χ3n) is 5.37. The van der Waals surface area contributed by atoms with Gasteiger partial charge in [0.25, 0.3) is 5.69 Å². The van der Waals surface area contributed by atoms with E-state index in [4.69, 9.17) is 9.47 Å². The average Bonchev–Trinajstić information content (AvgIpc) is 3.16. The summed E-state index contributed by atoms with van der Waals surface area (Å²) in [6.07, 6.45) is 5.24. The van der Waals surface area contributed by atoms with Crippen molar-refractivity contribution >= 4 is 27.3 Å². The van der Waals surface area contributed by atoms with Crippen molar-refractivity contribution in [3.05, 3.63) is 68.2 Å². The number of halogens is 1. The lowest BCUT2D eigenvalue weighted by Crippen LogP contribution is -2.29. The molecule has 0 saturated carbocycles. The minimum atomic E-state index is -0.342. The predicted molar refractivity (Wildman–Crippen MR) is 107 cm³/mol. The number of allylic oxidation sites excluding steroid dienone is 2. The van der Waals surface area contributed by atoms with E-state index >= 15 is 0 Å². The molecular weight excluding hydrogens is 412 g/mol. The summed E-state index contributed by atoms with van der Waals surface area (Å²) in [6.45, 7) is 0. The smallest absolute Gasteiger partial charge is 0.269 e. The number of hydrogen-bond acceptors (Lipinski definition) is 5. The van der Waals surface area contributed by atoms with Crippen molar-refractivity contribution < 1.29 is 14.4 Å². The molecule has 3 atom stereocenters. The van der Waals surface area contributed by atoms with Gasteiger partial charge in [-0.05, 0) is 57.6 Å². The molecule has 0 unspecified atom stereocenters. The number of non-ortho nitro benzene ring substituents is 1. The zero-order valence-corrected chi connectivity index (χ0v) is 16.5. The van der Waals surface area contributed by atoms with Crippen molar-refractivity contribution in [3.63, 3.8) is 0 Å². The van der Waals surface area contributed by atoms with Crippen molar-refractivity contribution in [1.82, 2.24) is 0 Å². The first-order valence-corrected chi connectivity index (χ1v) is 9.45. The molecule has 0 radical (unpaired) electrons. The first kappa shape index (κ1) is 17.9. The number of nitrogens with one attached hydrogen (secondary N) is 1. The van der Waals surface area contributed by atoms with Gasteiger partial charge in [-0.25, -0.2) is 0 Å². The van der Waals surface area contributed by atoms with Crippen molar-refractivity contribution in [2.75, 3.05) is 19.5 Å². The lowest BCUT2D eigenvalue weighted by molar-refractivity contribution is -0.384. The summed E-state index contributed by atoms with van der Waals surface area (Å²) in [7, 11) is 3.23. The Balaban J connectivity index is 1.78. The number of rotatable bonds is 4. The first-order valence-electron chi connectivity index (χ1n) is 8.66. The SMILES string of the molecule is COc1cc([C@@H]2Nc3ccc([N+](=O)[O-])cc3[C@H]3C=CC[C@H]32)cc(Br)c1OC. The third kappa shape index (κ3) is 2.96. The molecule has 140 valence electrons. The topological polar surface area (TPSA) is 73.6 Å². The zero-order valence-electron chi connectivity index (χ0n) is 14.9. The third-order valence-corrected chi connectivity index (χ3v) is 5.96. The highest BCUT2D eigenvalue weighted by atomic mass is 79.9. The number of methoxy groups -OCH3 is 2. The fraction of sp³-hybridized carbons (Fsp3) is 0.300. The van der Waals surface area contributed by atoms with Crippen molar-refractivity contribution in [1.29, 1.82) is 0 Å². The largest absolute Gasteiger partial charge is 0.493 e. The van der Waals surface area contributed by atoms with Gasteiger partial charge in [-0.3, -0.25) is 10.1 Å². The van der Waals surface area contributed by atoms with Gasteiger partial charge in [-0.2, -0.15) is 0 Å². The van der Waals surface area contributed by atoms with Crippen LogP contribution in [0.15, 0.2) is 47.0 Å². The molecule has 2 aliphatic rings. The van der Waals surface area contributed by atoms with Crippen LogP contribution in [0.25, 0.3) is 0 Å². The van der Waals surface area contributed by atoms with Gasteiger partial charge in [0, 0.05) is 23.7 Å². The minimum absolute atomic E-state index is 0.0649. The van der Waals surface area contributed by atoms with Crippen LogP contribution in [-0.2, 0) is 0 Å². The van der Waals surface area contributed by atoms with Gasteiger partial charge in [0.1, 0.15) is 0 Å². The standard InChI is InChI=1S/C20H19BrN2O4/c1-26-18-9-11(8-16(21)20(18)27-2)19-14-5-3-4-13(14)15-10-12(23(24)25)6-7-17(15)22-19/h3-4,6-10,13-14,19,22H,5H2,1-2H3/t13-,14+,19-/m0/s1. The molecule has 1 N–H and O–H groups in total. The van der Waals surface area contributed by atoms with Crippen LogP contribution in [0, 0.1) is 16.0 Å². The predicted octanol–water partition coefficient (Wildman–Crippen LogP) is 5.20. The highest BCUT2D eigenvalue weighted by Crippen LogP contribution is 2.51. The summed E-state index contributed by atoms with van der Waals surface area (Å²) in [5.74, 6) is 1.76. The van der Waals surface area contributed by atoms with Gasteiger partial charge >= 0.3 is 0 Å². The van der Waals surface area contributed by atoms with Crippen LogP contribution < -0.4 is 14.8 Å². The summed E-state index contributed by atoms with van der Waals surface area (Å²) < 4.78 is 11.7. The van der Waals surface area contributed by atoms with E-state index in [0.717, 1.165) is 27.7 Å². The number of hydrogen-bond donors (Lipinski definition) is 1. The molecule has 2 aromatic carbocycles. The van der Waals surface area contributed by atoms with Crippen LogP contribution in [0.2, 0.25) is 0 Å². The van der Waals surface area contributed by atoms with Crippen LogP contribution in [-0.4, -0.2) is 19.1 Å². The average molecular weight is 431 g/mol. The number of nitro groups is 1. The van der Waals surface area contributed by atoms with E-state index in [2.05, 4.69) is 33.4 Å². The number of nitro benzene ring substituents is 1. The summed E-state index contributed by atoms with van der Waals surface area (Å²) in [4.78, 5) is 10.8. The number of fused-ring (bicyclic) bond motifs is 3. The van der Waals surface area contributed by atoms with Crippen molar-refractivity contribution in [2.45, 2.75) is 18.4 Å². The van der Waals surface area contributed by atoms with E-state index in [9.17, 15) is 10.1 Å². The monoisotopic (exact) mass is 430 g/mol. The van der Waals surface area contributed by atoms with Crippen LogP contribution in [0.1, 0.15) is 29.5 Å². The Morgan fingerprint density at radius 2 is 2.04 bits per heavy atom. The second kappa shape index (κ2) is 6.88. The van der Waals surface area contributed by atoms with E-state index < -0.39 is 0 Å². The Hall–Kier alpha value is -2.54. The molecule has 27 heavy (non-hydrogen) atoms. The van der Waals surface area contributed by atoms with E-state index in [0.29, 0.717) is 11.5 Å². The molecule has 1 aliphatic heterocycles. The second-order valence-corrected chi connectivity index (χ2v) is 7.60. The summed E-state index contributed by atoms with van der Waals surface area (Å²) in [6, 6.07) is 9.15. The first-order chi connectivity index (χ1) is 13.0. The molecule has 0 fully saturated rings. The summed E-state index contributed by atoms with van der Waals surface area (Å²) in [5.41, 5.74) is 3.13. The Labute approximate surface area is 165 Å². The van der Waals surface area contributed by atoms with Gasteiger partial charge in [0.05, 0.1) is 29.7 Å². The molecule has 1 aliphatic carbocycles. The van der Waals surface area contributed by atoms with Crippen LogP contribution in [0.3, 0.4) is 0 Å². The maximum absolute atomic E-state index is 11.2. The van der Waals surface area contributed by atoms with E-state index in [-0.39, 0.29) is 28.5 Å². The van der Waals surface area contributed by atoms with Crippen LogP contribution >= 0.6 is 15.9 Å². The second-order valence-electron chi connectivity index (χ2n) is 6.74. The van der Waals surface area contributed by atoms with Crippen LogP contribution in [0.4, 0.5) is 11.4 Å². The molecule has 4 rings (SSSR count). The highest BCUT2D eigenvalue weighted by Gasteiger charge is 2.39. The number of benzene rings is 2. The molecule has 0 aromatic heterocycles. The number of nitrogens with zero attached hydrogens (tertiary/aromatic N) is 1. The van der Waals surface area contributed by atoms with Gasteiger partial charge < -0.3 is 14.8 Å². The maximum atomic E-state index is 11.2. The van der Waals surface area contributed by atoms with Crippen molar-refractivity contribution in [2.24, 2.45) is 5.92 Å². The van der Waals surface area contributed by atoms with Crippen LogP contribution in [0.5, 0.6) is 11.5 Å².